The Morgan fingerprint density at radius 1 is 1.03 bits per heavy atom. The van der Waals surface area contributed by atoms with Gasteiger partial charge < -0.3 is 10.1 Å². The van der Waals surface area contributed by atoms with Crippen LogP contribution in [0.2, 0.25) is 0 Å². The number of benzene rings is 2. The third kappa shape index (κ3) is 5.23. The van der Waals surface area contributed by atoms with Crippen LogP contribution < -0.4 is 5.32 Å². The van der Waals surface area contributed by atoms with Crippen molar-refractivity contribution in [3.8, 4) is 5.69 Å². The van der Waals surface area contributed by atoms with Gasteiger partial charge in [0.2, 0.25) is 0 Å². The number of nitrogens with one attached hydrogen (secondary N) is 1. The third-order valence-electron chi connectivity index (χ3n) is 5.16. The fourth-order valence-corrected chi connectivity index (χ4v) is 4.30. The van der Waals surface area contributed by atoms with E-state index in [1.54, 1.807) is 4.68 Å². The molecule has 2 aromatic heterocycles. The van der Waals surface area contributed by atoms with Crippen LogP contribution in [0.25, 0.3) is 16.6 Å². The Hall–Kier alpha value is -3.65. The first-order valence-corrected chi connectivity index (χ1v) is 11.5. The van der Waals surface area contributed by atoms with Crippen molar-refractivity contribution in [3.63, 3.8) is 0 Å². The molecule has 0 radical (unpaired) electrons. The van der Waals surface area contributed by atoms with E-state index in [2.05, 4.69) is 15.4 Å². The predicted molar refractivity (Wildman–Crippen MR) is 130 cm³/mol. The van der Waals surface area contributed by atoms with Gasteiger partial charge >= 0.3 is 5.97 Å². The number of hydrogen-bond donors (Lipinski definition) is 1. The summed E-state index contributed by atoms with van der Waals surface area (Å²) >= 11 is 1.29. The van der Waals surface area contributed by atoms with Gasteiger partial charge in [-0.15, -0.1) is 0 Å². The number of pyridine rings is 1. The molecule has 1 amide bonds. The van der Waals surface area contributed by atoms with Crippen LogP contribution in [0.3, 0.4) is 0 Å². The highest BCUT2D eigenvalue weighted by molar-refractivity contribution is 7.99. The van der Waals surface area contributed by atoms with E-state index in [0.717, 1.165) is 32.9 Å². The van der Waals surface area contributed by atoms with Crippen LogP contribution in [0.1, 0.15) is 17.0 Å². The maximum atomic E-state index is 12.4. The Morgan fingerprint density at radius 3 is 2.55 bits per heavy atom. The van der Waals surface area contributed by atoms with E-state index in [9.17, 15) is 9.59 Å². The number of hydrogen-bond acceptors (Lipinski definition) is 6. The van der Waals surface area contributed by atoms with Gasteiger partial charge in [-0.05, 0) is 50.6 Å². The van der Waals surface area contributed by atoms with Crippen LogP contribution in [0.15, 0.2) is 65.7 Å². The third-order valence-corrected chi connectivity index (χ3v) is 6.04. The molecule has 0 atom stereocenters. The number of carbonyl (C=O) groups excluding carboxylic acids is 2. The molecule has 168 valence electrons. The quantitative estimate of drug-likeness (QED) is 0.320. The minimum Gasteiger partial charge on any atom is -0.455 e. The van der Waals surface area contributed by atoms with Crippen molar-refractivity contribution in [1.29, 1.82) is 0 Å². The zero-order valence-electron chi connectivity index (χ0n) is 18.7. The molecule has 0 aliphatic heterocycles. The average molecular weight is 461 g/mol. The number of aryl methyl sites for hydroxylation is 2. The Balaban J connectivity index is 1.31. The Kier molecular flexibility index (Phi) is 6.74. The first-order chi connectivity index (χ1) is 15.9. The number of amides is 1. The minimum absolute atomic E-state index is 0.0715. The number of rotatable bonds is 7. The molecule has 1 N–H and O–H groups in total. The minimum atomic E-state index is -0.476. The Bertz CT molecular complexity index is 1320. The number of para-hydroxylation sites is 2. The standard InChI is InChI=1S/C25H24N4O3S/c1-16-13-23(26-21-12-8-7-11-20(16)21)33-15-24(31)32-14-22(30)27-25-17(2)28-29(18(25)3)19-9-5-4-6-10-19/h4-13H,14-15H2,1-3H3,(H,27,30). The van der Waals surface area contributed by atoms with Crippen LogP contribution in [-0.4, -0.2) is 39.0 Å². The summed E-state index contributed by atoms with van der Waals surface area (Å²) in [5.41, 5.74) is 4.98. The Labute approximate surface area is 196 Å². The first-order valence-electron chi connectivity index (χ1n) is 10.5. The Morgan fingerprint density at radius 2 is 1.76 bits per heavy atom. The van der Waals surface area contributed by atoms with Gasteiger partial charge in [0.05, 0.1) is 39.1 Å². The molecule has 7 nitrogen and oxygen atoms in total. The van der Waals surface area contributed by atoms with Crippen LogP contribution in [-0.2, 0) is 14.3 Å². The van der Waals surface area contributed by atoms with E-state index in [0.29, 0.717) is 11.4 Å². The number of ether oxygens (including phenoxy) is 1. The van der Waals surface area contributed by atoms with Crippen molar-refractivity contribution in [1.82, 2.24) is 14.8 Å². The summed E-state index contributed by atoms with van der Waals surface area (Å²) in [5, 5.41) is 9.14. The highest BCUT2D eigenvalue weighted by atomic mass is 32.2. The molecule has 33 heavy (non-hydrogen) atoms. The normalized spacial score (nSPS) is 10.9. The van der Waals surface area contributed by atoms with E-state index in [-0.39, 0.29) is 12.4 Å². The maximum absolute atomic E-state index is 12.4. The number of fused-ring (bicyclic) bond motifs is 1. The second kappa shape index (κ2) is 9.87. The molecule has 0 aliphatic rings. The van der Waals surface area contributed by atoms with Crippen molar-refractivity contribution < 1.29 is 14.3 Å². The summed E-state index contributed by atoms with van der Waals surface area (Å²) in [6.07, 6.45) is 0. The lowest BCUT2D eigenvalue weighted by atomic mass is 10.1. The molecular formula is C25H24N4O3S. The molecule has 0 aliphatic carbocycles. The zero-order chi connectivity index (χ0) is 23.4. The van der Waals surface area contributed by atoms with Gasteiger partial charge in [0.15, 0.2) is 6.61 Å². The average Bonchev–Trinajstić information content (AvgIpc) is 3.10. The monoisotopic (exact) mass is 460 g/mol. The second-order valence-corrected chi connectivity index (χ2v) is 8.58. The summed E-state index contributed by atoms with van der Waals surface area (Å²) in [6.45, 7) is 5.35. The summed E-state index contributed by atoms with van der Waals surface area (Å²) in [5.74, 6) is -0.815. The number of carbonyl (C=O) groups is 2. The number of thioether (sulfide) groups is 1. The molecule has 2 aromatic carbocycles. The van der Waals surface area contributed by atoms with Crippen LogP contribution >= 0.6 is 11.8 Å². The fraction of sp³-hybridized carbons (Fsp3) is 0.200. The lowest BCUT2D eigenvalue weighted by molar-refractivity contribution is -0.144. The molecule has 2 heterocycles. The first kappa shape index (κ1) is 22.5. The van der Waals surface area contributed by atoms with Gasteiger partial charge in [-0.3, -0.25) is 9.59 Å². The van der Waals surface area contributed by atoms with Crippen molar-refractivity contribution in [3.05, 3.63) is 77.6 Å². The smallest absolute Gasteiger partial charge is 0.316 e. The van der Waals surface area contributed by atoms with Gasteiger partial charge in [-0.25, -0.2) is 9.67 Å². The van der Waals surface area contributed by atoms with Gasteiger partial charge in [-0.2, -0.15) is 5.10 Å². The highest BCUT2D eigenvalue weighted by Crippen LogP contribution is 2.24. The molecule has 0 spiro atoms. The van der Waals surface area contributed by atoms with E-state index in [4.69, 9.17) is 4.74 Å². The topological polar surface area (TPSA) is 86.1 Å². The molecule has 0 saturated carbocycles. The van der Waals surface area contributed by atoms with Gasteiger partial charge in [0.25, 0.3) is 5.91 Å². The van der Waals surface area contributed by atoms with E-state index in [1.807, 2.05) is 81.4 Å². The SMILES string of the molecule is Cc1nn(-c2ccccc2)c(C)c1NC(=O)COC(=O)CSc1cc(C)c2ccccc2n1. The summed E-state index contributed by atoms with van der Waals surface area (Å²) in [7, 11) is 0. The van der Waals surface area contributed by atoms with Gasteiger partial charge in [-0.1, -0.05) is 48.2 Å². The molecule has 0 fully saturated rings. The van der Waals surface area contributed by atoms with Gasteiger partial charge in [0.1, 0.15) is 0 Å². The van der Waals surface area contributed by atoms with Crippen LogP contribution in [0, 0.1) is 20.8 Å². The molecule has 0 unspecified atom stereocenters. The number of anilines is 1. The van der Waals surface area contributed by atoms with Crippen molar-refractivity contribution >= 4 is 40.2 Å². The zero-order valence-corrected chi connectivity index (χ0v) is 19.5. The maximum Gasteiger partial charge on any atom is 0.316 e. The number of aromatic nitrogens is 3. The molecule has 4 aromatic rings. The largest absolute Gasteiger partial charge is 0.455 e. The summed E-state index contributed by atoms with van der Waals surface area (Å²) in [6, 6.07) is 19.5. The summed E-state index contributed by atoms with van der Waals surface area (Å²) < 4.78 is 6.93. The van der Waals surface area contributed by atoms with E-state index >= 15 is 0 Å². The lowest BCUT2D eigenvalue weighted by Crippen LogP contribution is -2.22. The van der Waals surface area contributed by atoms with Crippen LogP contribution in [0.4, 0.5) is 5.69 Å². The number of nitrogens with zero attached hydrogens (tertiary/aromatic N) is 3. The van der Waals surface area contributed by atoms with Crippen molar-refractivity contribution in [2.75, 3.05) is 17.7 Å². The van der Waals surface area contributed by atoms with Crippen molar-refractivity contribution in [2.24, 2.45) is 0 Å². The molecule has 4 rings (SSSR count). The fourth-order valence-electron chi connectivity index (χ4n) is 3.53. The highest BCUT2D eigenvalue weighted by Gasteiger charge is 2.16. The van der Waals surface area contributed by atoms with Gasteiger partial charge in [0, 0.05) is 5.39 Å². The number of esters is 1. The molecule has 0 saturated heterocycles. The second-order valence-electron chi connectivity index (χ2n) is 7.59. The molecule has 0 bridgehead atoms. The molecular weight excluding hydrogens is 436 g/mol. The van der Waals surface area contributed by atoms with Crippen molar-refractivity contribution in [2.45, 2.75) is 25.8 Å². The van der Waals surface area contributed by atoms with E-state index in [1.165, 1.54) is 11.8 Å². The predicted octanol–water partition coefficient (Wildman–Crippen LogP) is 4.62. The summed E-state index contributed by atoms with van der Waals surface area (Å²) in [4.78, 5) is 29.1. The van der Waals surface area contributed by atoms with Crippen LogP contribution in [0.5, 0.6) is 0 Å². The van der Waals surface area contributed by atoms with E-state index < -0.39 is 11.9 Å². The molecule has 8 heteroatoms. The lowest BCUT2D eigenvalue weighted by Gasteiger charge is -2.08.